The Morgan fingerprint density at radius 1 is 1.40 bits per heavy atom. The summed E-state index contributed by atoms with van der Waals surface area (Å²) in [6.07, 6.45) is 1.65. The van der Waals surface area contributed by atoms with Gasteiger partial charge in [0.2, 0.25) is 0 Å². The van der Waals surface area contributed by atoms with Crippen molar-refractivity contribution >= 4 is 0 Å². The molecule has 60 valence electrons. The summed E-state index contributed by atoms with van der Waals surface area (Å²) in [5, 5.41) is 9.59. The molecule has 0 aliphatic carbocycles. The highest BCUT2D eigenvalue weighted by molar-refractivity contribution is 5.06. The molecule has 0 aliphatic heterocycles. The summed E-state index contributed by atoms with van der Waals surface area (Å²) >= 11 is 0. The van der Waals surface area contributed by atoms with E-state index >= 15 is 0 Å². The lowest BCUT2D eigenvalue weighted by Crippen LogP contribution is -2.26. The Labute approximate surface area is 63.8 Å². The third kappa shape index (κ3) is 2.53. The van der Waals surface area contributed by atoms with Gasteiger partial charge in [0.15, 0.2) is 0 Å². The Hall–Kier alpha value is -0.300. The van der Waals surface area contributed by atoms with E-state index in [2.05, 4.69) is 0 Å². The lowest BCUT2D eigenvalue weighted by molar-refractivity contribution is 0.0948. The molecule has 0 heterocycles. The minimum Gasteiger partial charge on any atom is -0.388 e. The van der Waals surface area contributed by atoms with Crippen LogP contribution in [0.1, 0.15) is 34.6 Å². The Kier molecular flexibility index (Phi) is 3.10. The number of aliphatic hydroxyl groups excluding tert-OH is 1. The van der Waals surface area contributed by atoms with Gasteiger partial charge in [0.25, 0.3) is 0 Å². The largest absolute Gasteiger partial charge is 0.388 e. The van der Waals surface area contributed by atoms with Gasteiger partial charge >= 0.3 is 0 Å². The summed E-state index contributed by atoms with van der Waals surface area (Å²) in [5.74, 6) is 0. The molecular weight excluding hydrogens is 124 g/mol. The number of hydrogen-bond donors (Lipinski definition) is 1. The van der Waals surface area contributed by atoms with Crippen molar-refractivity contribution in [2.75, 3.05) is 0 Å². The van der Waals surface area contributed by atoms with Crippen LogP contribution in [0.4, 0.5) is 0 Å². The quantitative estimate of drug-likeness (QED) is 0.557. The van der Waals surface area contributed by atoms with Gasteiger partial charge < -0.3 is 5.11 Å². The van der Waals surface area contributed by atoms with E-state index in [9.17, 15) is 5.11 Å². The standard InChI is InChI=1S/C9H18O/c1-6-7(2)8(10)9(3,4)5/h6,8,10H,1-5H3/b7-6-. The van der Waals surface area contributed by atoms with E-state index < -0.39 is 0 Å². The van der Waals surface area contributed by atoms with Crippen LogP contribution in [0.3, 0.4) is 0 Å². The SMILES string of the molecule is C/C=C(/C)C(O)C(C)(C)C. The second kappa shape index (κ2) is 3.20. The van der Waals surface area contributed by atoms with Crippen molar-refractivity contribution in [3.8, 4) is 0 Å². The van der Waals surface area contributed by atoms with Gasteiger partial charge in [-0.25, -0.2) is 0 Å². The lowest BCUT2D eigenvalue weighted by atomic mass is 9.85. The number of aliphatic hydroxyl groups is 1. The maximum atomic E-state index is 9.59. The molecule has 0 bridgehead atoms. The van der Waals surface area contributed by atoms with Crippen LogP contribution in [0.5, 0.6) is 0 Å². The van der Waals surface area contributed by atoms with Crippen LogP contribution in [0.15, 0.2) is 11.6 Å². The summed E-state index contributed by atoms with van der Waals surface area (Å²) in [6.45, 7) is 10.0. The van der Waals surface area contributed by atoms with Crippen molar-refractivity contribution in [1.29, 1.82) is 0 Å². The highest BCUT2D eigenvalue weighted by Crippen LogP contribution is 2.24. The Morgan fingerprint density at radius 3 is 1.90 bits per heavy atom. The first kappa shape index (κ1) is 9.70. The van der Waals surface area contributed by atoms with Crippen LogP contribution in [0, 0.1) is 5.41 Å². The monoisotopic (exact) mass is 142 g/mol. The van der Waals surface area contributed by atoms with Gasteiger partial charge in [0.05, 0.1) is 6.10 Å². The molecule has 0 saturated carbocycles. The van der Waals surface area contributed by atoms with Gasteiger partial charge in [-0.1, -0.05) is 26.8 Å². The van der Waals surface area contributed by atoms with Crippen molar-refractivity contribution in [3.63, 3.8) is 0 Å². The summed E-state index contributed by atoms with van der Waals surface area (Å²) in [4.78, 5) is 0. The molecule has 1 heteroatoms. The lowest BCUT2D eigenvalue weighted by Gasteiger charge is -2.26. The maximum absolute atomic E-state index is 9.59. The van der Waals surface area contributed by atoms with Crippen molar-refractivity contribution < 1.29 is 5.11 Å². The van der Waals surface area contributed by atoms with E-state index in [0.29, 0.717) is 0 Å². The molecule has 0 amide bonds. The topological polar surface area (TPSA) is 20.2 Å². The van der Waals surface area contributed by atoms with Crippen LogP contribution in [0.2, 0.25) is 0 Å². The minimum atomic E-state index is -0.308. The molecule has 0 rings (SSSR count). The van der Waals surface area contributed by atoms with Crippen LogP contribution >= 0.6 is 0 Å². The van der Waals surface area contributed by atoms with Crippen LogP contribution in [-0.4, -0.2) is 11.2 Å². The fraction of sp³-hybridized carbons (Fsp3) is 0.778. The van der Waals surface area contributed by atoms with Crippen molar-refractivity contribution in [2.45, 2.75) is 40.7 Å². The molecule has 10 heavy (non-hydrogen) atoms. The summed E-state index contributed by atoms with van der Waals surface area (Å²) < 4.78 is 0. The van der Waals surface area contributed by atoms with Gasteiger partial charge in [-0.05, 0) is 24.8 Å². The van der Waals surface area contributed by atoms with E-state index in [0.717, 1.165) is 5.57 Å². The average Bonchev–Trinajstić information content (AvgIpc) is 1.83. The van der Waals surface area contributed by atoms with E-state index in [1.807, 2.05) is 40.7 Å². The summed E-state index contributed by atoms with van der Waals surface area (Å²) in [7, 11) is 0. The molecule has 0 aromatic rings. The smallest absolute Gasteiger partial charge is 0.0795 e. The maximum Gasteiger partial charge on any atom is 0.0795 e. The van der Waals surface area contributed by atoms with E-state index in [1.54, 1.807) is 0 Å². The molecule has 1 unspecified atom stereocenters. The number of hydrogen-bond acceptors (Lipinski definition) is 1. The highest BCUT2D eigenvalue weighted by atomic mass is 16.3. The van der Waals surface area contributed by atoms with Crippen molar-refractivity contribution in [2.24, 2.45) is 5.41 Å². The van der Waals surface area contributed by atoms with Crippen LogP contribution in [0.25, 0.3) is 0 Å². The first-order chi connectivity index (χ1) is 4.39. The zero-order valence-corrected chi connectivity index (χ0v) is 7.60. The predicted octanol–water partition coefficient (Wildman–Crippen LogP) is 2.36. The van der Waals surface area contributed by atoms with Gasteiger partial charge in [0.1, 0.15) is 0 Å². The average molecular weight is 142 g/mol. The summed E-state index contributed by atoms with van der Waals surface area (Å²) in [6, 6.07) is 0. The van der Waals surface area contributed by atoms with E-state index in [4.69, 9.17) is 0 Å². The third-order valence-electron chi connectivity index (χ3n) is 1.71. The fourth-order valence-corrected chi connectivity index (χ4v) is 0.841. The second-order valence-corrected chi connectivity index (χ2v) is 3.80. The van der Waals surface area contributed by atoms with Crippen molar-refractivity contribution in [3.05, 3.63) is 11.6 Å². The normalized spacial score (nSPS) is 17.2. The third-order valence-corrected chi connectivity index (χ3v) is 1.71. The predicted molar refractivity (Wildman–Crippen MR) is 44.9 cm³/mol. The van der Waals surface area contributed by atoms with Crippen molar-refractivity contribution in [1.82, 2.24) is 0 Å². The molecule has 0 aromatic heterocycles. The molecule has 0 saturated heterocycles. The van der Waals surface area contributed by atoms with Gasteiger partial charge in [0, 0.05) is 0 Å². The molecule has 1 atom stereocenters. The zero-order chi connectivity index (χ0) is 8.36. The Bertz CT molecular complexity index is 128. The minimum absolute atomic E-state index is 0.0312. The molecule has 0 fully saturated rings. The highest BCUT2D eigenvalue weighted by Gasteiger charge is 2.22. The molecule has 0 radical (unpaired) electrons. The second-order valence-electron chi connectivity index (χ2n) is 3.80. The first-order valence-corrected chi connectivity index (χ1v) is 3.70. The zero-order valence-electron chi connectivity index (χ0n) is 7.60. The molecule has 1 nitrogen and oxygen atoms in total. The first-order valence-electron chi connectivity index (χ1n) is 3.70. The Morgan fingerprint density at radius 2 is 1.80 bits per heavy atom. The van der Waals surface area contributed by atoms with E-state index in [-0.39, 0.29) is 11.5 Å². The number of rotatable bonds is 1. The molecular formula is C9H18O. The van der Waals surface area contributed by atoms with E-state index in [1.165, 1.54) is 0 Å². The van der Waals surface area contributed by atoms with Gasteiger partial charge in [-0.3, -0.25) is 0 Å². The molecule has 0 aromatic carbocycles. The van der Waals surface area contributed by atoms with Crippen LogP contribution < -0.4 is 0 Å². The summed E-state index contributed by atoms with van der Waals surface area (Å²) in [5.41, 5.74) is 1.02. The molecule has 0 spiro atoms. The van der Waals surface area contributed by atoms with Gasteiger partial charge in [-0.2, -0.15) is 0 Å². The fourth-order valence-electron chi connectivity index (χ4n) is 0.841. The molecule has 1 N–H and O–H groups in total. The van der Waals surface area contributed by atoms with Gasteiger partial charge in [-0.15, -0.1) is 0 Å². The molecule has 0 aliphatic rings. The Balaban J connectivity index is 4.23. The van der Waals surface area contributed by atoms with Crippen LogP contribution in [-0.2, 0) is 0 Å². The number of allylic oxidation sites excluding steroid dienone is 1.